The largest absolute Gasteiger partial charge is 0.486 e. The molecule has 0 aliphatic heterocycles. The second-order valence-electron chi connectivity index (χ2n) is 5.68. The average Bonchev–Trinajstić information content (AvgIpc) is 3.07. The fourth-order valence-electron chi connectivity index (χ4n) is 3.20. The molecule has 1 unspecified atom stereocenters. The van der Waals surface area contributed by atoms with Crippen LogP contribution in [0.1, 0.15) is 39.9 Å². The molecule has 5 nitrogen and oxygen atoms in total. The number of fused-ring (bicyclic) bond motifs is 2. The smallest absolute Gasteiger partial charge is 0.339 e. The number of rotatable bonds is 3. The Morgan fingerprint density at radius 1 is 1.39 bits per heavy atom. The van der Waals surface area contributed by atoms with E-state index in [-0.39, 0.29) is 11.7 Å². The van der Waals surface area contributed by atoms with E-state index in [9.17, 15) is 9.90 Å². The zero-order valence-corrected chi connectivity index (χ0v) is 12.6. The van der Waals surface area contributed by atoms with Crippen LogP contribution < -0.4 is 4.74 Å². The summed E-state index contributed by atoms with van der Waals surface area (Å²) in [5, 5.41) is 9.92. The summed E-state index contributed by atoms with van der Waals surface area (Å²) < 4.78 is 11.6. The predicted octanol–water partition coefficient (Wildman–Crippen LogP) is 3.90. The van der Waals surface area contributed by atoms with Gasteiger partial charge in [0, 0.05) is 22.8 Å². The number of aromatic nitrogens is 1. The Bertz CT molecular complexity index is 913. The molecule has 0 amide bonds. The van der Waals surface area contributed by atoms with E-state index in [1.165, 1.54) is 0 Å². The molecule has 3 aromatic rings. The number of carboxylic acids is 1. The lowest BCUT2D eigenvalue weighted by Gasteiger charge is -2.14. The van der Waals surface area contributed by atoms with Crippen molar-refractivity contribution in [2.24, 2.45) is 0 Å². The first-order valence-electron chi connectivity index (χ1n) is 7.50. The normalized spacial score (nSPS) is 16.5. The van der Waals surface area contributed by atoms with Crippen LogP contribution in [0.2, 0.25) is 0 Å². The van der Waals surface area contributed by atoms with Gasteiger partial charge in [0.2, 0.25) is 0 Å². The number of pyridine rings is 1. The van der Waals surface area contributed by atoms with Gasteiger partial charge in [0.25, 0.3) is 0 Å². The van der Waals surface area contributed by atoms with Gasteiger partial charge in [0.05, 0.1) is 0 Å². The van der Waals surface area contributed by atoms with Gasteiger partial charge in [-0.2, -0.15) is 0 Å². The molecule has 5 heteroatoms. The van der Waals surface area contributed by atoms with E-state index in [4.69, 9.17) is 9.15 Å². The molecule has 1 N–H and O–H groups in total. The fourth-order valence-corrected chi connectivity index (χ4v) is 3.20. The molecule has 0 fully saturated rings. The third-order valence-corrected chi connectivity index (χ3v) is 4.24. The van der Waals surface area contributed by atoms with Crippen LogP contribution in [0.15, 0.2) is 40.9 Å². The second kappa shape index (κ2) is 5.12. The number of benzene rings is 1. The Morgan fingerprint density at radius 2 is 2.26 bits per heavy atom. The number of nitrogens with zero attached hydrogens (tertiary/aromatic N) is 1. The standard InChI is InChI=1S/C18H15NO4/c1-10-17(18(20)21)13-9-11(4-6-16(13)22-10)23-15-7-5-14-12(15)3-2-8-19-14/h2-4,6,8-9,15H,5,7H2,1H3,(H,20,21). The van der Waals surface area contributed by atoms with Crippen LogP contribution in [-0.4, -0.2) is 16.1 Å². The van der Waals surface area contributed by atoms with Crippen LogP contribution in [0.25, 0.3) is 11.0 Å². The van der Waals surface area contributed by atoms with E-state index < -0.39 is 5.97 Å². The molecule has 1 aliphatic carbocycles. The Hall–Kier alpha value is -2.82. The number of carboxylic acid groups (broad SMARTS) is 1. The molecular formula is C18H15NO4. The highest BCUT2D eigenvalue weighted by atomic mass is 16.5. The van der Waals surface area contributed by atoms with Gasteiger partial charge in [-0.1, -0.05) is 6.07 Å². The molecule has 23 heavy (non-hydrogen) atoms. The molecule has 1 aromatic carbocycles. The van der Waals surface area contributed by atoms with Crippen molar-refractivity contribution < 1.29 is 19.1 Å². The predicted molar refractivity (Wildman–Crippen MR) is 83.8 cm³/mol. The van der Waals surface area contributed by atoms with Crippen molar-refractivity contribution in [2.75, 3.05) is 0 Å². The first-order chi connectivity index (χ1) is 11.1. The summed E-state index contributed by atoms with van der Waals surface area (Å²) >= 11 is 0. The van der Waals surface area contributed by atoms with E-state index >= 15 is 0 Å². The average molecular weight is 309 g/mol. The van der Waals surface area contributed by atoms with E-state index in [0.29, 0.717) is 22.5 Å². The quantitative estimate of drug-likeness (QED) is 0.794. The Morgan fingerprint density at radius 3 is 3.09 bits per heavy atom. The van der Waals surface area contributed by atoms with Crippen molar-refractivity contribution in [1.29, 1.82) is 0 Å². The third kappa shape index (κ3) is 2.25. The summed E-state index contributed by atoms with van der Waals surface area (Å²) in [5.74, 6) is 0.0522. The van der Waals surface area contributed by atoms with Crippen LogP contribution >= 0.6 is 0 Å². The van der Waals surface area contributed by atoms with Crippen molar-refractivity contribution in [3.05, 3.63) is 59.1 Å². The van der Waals surface area contributed by atoms with Gasteiger partial charge < -0.3 is 14.3 Å². The van der Waals surface area contributed by atoms with Crippen LogP contribution in [0.5, 0.6) is 5.75 Å². The zero-order chi connectivity index (χ0) is 16.0. The van der Waals surface area contributed by atoms with Crippen LogP contribution in [0.3, 0.4) is 0 Å². The Labute approximate surface area is 132 Å². The highest BCUT2D eigenvalue weighted by Gasteiger charge is 2.25. The summed E-state index contributed by atoms with van der Waals surface area (Å²) in [7, 11) is 0. The van der Waals surface area contributed by atoms with Gasteiger partial charge >= 0.3 is 5.97 Å². The van der Waals surface area contributed by atoms with Crippen LogP contribution in [0, 0.1) is 6.92 Å². The third-order valence-electron chi connectivity index (χ3n) is 4.24. The first kappa shape index (κ1) is 13.8. The van der Waals surface area contributed by atoms with Crippen molar-refractivity contribution in [3.8, 4) is 5.75 Å². The zero-order valence-electron chi connectivity index (χ0n) is 12.6. The number of hydrogen-bond donors (Lipinski definition) is 1. The minimum absolute atomic E-state index is 0.0440. The van der Waals surface area contributed by atoms with Crippen molar-refractivity contribution in [3.63, 3.8) is 0 Å². The molecule has 0 saturated heterocycles. The van der Waals surface area contributed by atoms with Crippen molar-refractivity contribution >= 4 is 16.9 Å². The summed E-state index contributed by atoms with van der Waals surface area (Å²) in [5.41, 5.74) is 2.93. The summed E-state index contributed by atoms with van der Waals surface area (Å²) in [6, 6.07) is 9.24. The number of ether oxygens (including phenoxy) is 1. The van der Waals surface area contributed by atoms with Gasteiger partial charge in [0.1, 0.15) is 28.8 Å². The number of carbonyl (C=O) groups is 1. The van der Waals surface area contributed by atoms with Gasteiger partial charge in [-0.15, -0.1) is 0 Å². The maximum Gasteiger partial charge on any atom is 0.339 e. The molecule has 1 atom stereocenters. The van der Waals surface area contributed by atoms with E-state index in [1.807, 2.05) is 18.2 Å². The molecule has 0 bridgehead atoms. The Kier molecular flexibility index (Phi) is 3.08. The summed E-state index contributed by atoms with van der Waals surface area (Å²) in [6.07, 6.45) is 3.52. The topological polar surface area (TPSA) is 72.6 Å². The van der Waals surface area contributed by atoms with E-state index in [0.717, 1.165) is 24.1 Å². The van der Waals surface area contributed by atoms with Crippen molar-refractivity contribution in [1.82, 2.24) is 4.98 Å². The first-order valence-corrected chi connectivity index (χ1v) is 7.50. The molecule has 0 saturated carbocycles. The maximum atomic E-state index is 11.4. The molecule has 0 spiro atoms. The lowest BCUT2D eigenvalue weighted by Crippen LogP contribution is -2.03. The van der Waals surface area contributed by atoms with Crippen molar-refractivity contribution in [2.45, 2.75) is 25.9 Å². The molecular weight excluding hydrogens is 294 g/mol. The molecule has 116 valence electrons. The number of aryl methyl sites for hydroxylation is 2. The van der Waals surface area contributed by atoms with E-state index in [1.54, 1.807) is 25.3 Å². The number of hydrogen-bond acceptors (Lipinski definition) is 4. The minimum atomic E-state index is -0.992. The highest BCUT2D eigenvalue weighted by molar-refractivity contribution is 6.03. The number of furan rings is 1. The monoisotopic (exact) mass is 309 g/mol. The second-order valence-corrected chi connectivity index (χ2v) is 5.68. The van der Waals surface area contributed by atoms with Gasteiger partial charge in [0.15, 0.2) is 0 Å². The SMILES string of the molecule is Cc1oc2ccc(OC3CCc4ncccc43)cc2c1C(=O)O. The molecule has 0 radical (unpaired) electrons. The maximum absolute atomic E-state index is 11.4. The Balaban J connectivity index is 1.71. The van der Waals surface area contributed by atoms with Crippen LogP contribution in [0.4, 0.5) is 0 Å². The van der Waals surface area contributed by atoms with Gasteiger partial charge in [-0.3, -0.25) is 4.98 Å². The summed E-state index contributed by atoms with van der Waals surface area (Å²) in [6.45, 7) is 1.66. The van der Waals surface area contributed by atoms with Crippen LogP contribution in [-0.2, 0) is 6.42 Å². The van der Waals surface area contributed by atoms with Gasteiger partial charge in [-0.05, 0) is 44.0 Å². The lowest BCUT2D eigenvalue weighted by atomic mass is 10.1. The summed E-state index contributed by atoms with van der Waals surface area (Å²) in [4.78, 5) is 15.8. The minimum Gasteiger partial charge on any atom is -0.486 e. The van der Waals surface area contributed by atoms with E-state index in [2.05, 4.69) is 4.98 Å². The lowest BCUT2D eigenvalue weighted by molar-refractivity contribution is 0.0697. The fraction of sp³-hybridized carbons (Fsp3) is 0.222. The molecule has 4 rings (SSSR count). The highest BCUT2D eigenvalue weighted by Crippen LogP contribution is 2.35. The number of aromatic carboxylic acids is 1. The van der Waals surface area contributed by atoms with Gasteiger partial charge in [-0.25, -0.2) is 4.79 Å². The molecule has 2 aromatic heterocycles. The molecule has 2 heterocycles. The molecule has 1 aliphatic rings.